The molecule has 2 aliphatic rings. The Bertz CT molecular complexity index is 468. The lowest BCUT2D eigenvalue weighted by Crippen LogP contribution is -2.37. The van der Waals surface area contributed by atoms with Crippen LogP contribution in [0.5, 0.6) is 0 Å². The summed E-state index contributed by atoms with van der Waals surface area (Å²) in [4.78, 5) is 23.3. The molecule has 0 spiro atoms. The molecule has 7 N–H and O–H groups in total. The van der Waals surface area contributed by atoms with Crippen molar-refractivity contribution in [1.29, 1.82) is 0 Å². The predicted molar refractivity (Wildman–Crippen MR) is 116 cm³/mol. The van der Waals surface area contributed by atoms with Gasteiger partial charge in [0.1, 0.15) is 0 Å². The molecule has 0 radical (unpaired) electrons. The third kappa shape index (κ3) is 8.98. The average Bonchev–Trinajstić information content (AvgIpc) is 3.22. The molecule has 0 saturated carbocycles. The highest BCUT2D eigenvalue weighted by atomic mass is 32.2. The fourth-order valence-corrected chi connectivity index (χ4v) is 5.16. The third-order valence-corrected chi connectivity index (χ3v) is 6.71. The smallest absolute Gasteiger partial charge is 0.315 e. The van der Waals surface area contributed by atoms with Crippen LogP contribution < -0.4 is 32.3 Å². The van der Waals surface area contributed by atoms with Crippen molar-refractivity contribution in [2.24, 2.45) is 5.73 Å². The molecular formula is C19H38N6O2S. The molecule has 0 unspecified atom stereocenters. The second kappa shape index (κ2) is 14.0. The van der Waals surface area contributed by atoms with Crippen LogP contribution in [-0.4, -0.2) is 74.3 Å². The fourth-order valence-electron chi connectivity index (χ4n) is 3.61. The number of hydrogen-bond acceptors (Lipinski definition) is 6. The number of rotatable bonds is 16. The Morgan fingerprint density at radius 1 is 1.00 bits per heavy atom. The van der Waals surface area contributed by atoms with Gasteiger partial charge in [0, 0.05) is 24.0 Å². The van der Waals surface area contributed by atoms with Gasteiger partial charge in [0.05, 0.1) is 12.1 Å². The van der Waals surface area contributed by atoms with Crippen LogP contribution in [0.3, 0.4) is 0 Å². The predicted octanol–water partition coefficient (Wildman–Crippen LogP) is 0.137. The van der Waals surface area contributed by atoms with Gasteiger partial charge in [-0.15, -0.1) is 0 Å². The van der Waals surface area contributed by atoms with Gasteiger partial charge in [-0.05, 0) is 71.2 Å². The summed E-state index contributed by atoms with van der Waals surface area (Å²) in [6.07, 6.45) is 6.76. The number of carbonyl (C=O) groups excluding carboxylic acids is 2. The lowest BCUT2D eigenvalue weighted by Gasteiger charge is -2.16. The van der Waals surface area contributed by atoms with Crippen LogP contribution in [0.1, 0.15) is 44.9 Å². The maximum absolute atomic E-state index is 11.9. The van der Waals surface area contributed by atoms with E-state index in [-0.39, 0.29) is 24.0 Å². The van der Waals surface area contributed by atoms with Crippen LogP contribution >= 0.6 is 11.8 Å². The molecule has 2 saturated heterocycles. The van der Waals surface area contributed by atoms with E-state index in [0.717, 1.165) is 70.7 Å². The Balaban J connectivity index is 1.34. The van der Waals surface area contributed by atoms with Crippen LogP contribution in [0.4, 0.5) is 4.79 Å². The zero-order chi connectivity index (χ0) is 20.0. The van der Waals surface area contributed by atoms with E-state index in [1.54, 1.807) is 0 Å². The maximum Gasteiger partial charge on any atom is 0.315 e. The van der Waals surface area contributed by atoms with Gasteiger partial charge in [0.2, 0.25) is 5.91 Å². The summed E-state index contributed by atoms with van der Waals surface area (Å²) in [6.45, 7) is 5.52. The van der Waals surface area contributed by atoms with E-state index in [1.165, 1.54) is 12.8 Å². The standard InChI is InChI=1S/C19H38N6O2S/c20-8-4-11-21-9-1-2-10-22-12-5-13-23-17(26)7-3-6-16-18-15(14-28-16)24-19(27)25-18/h15-16,18,21-22H,1-14,20H2,(H,23,26)(H2,24,25,27)/t15-,16-,18-/m0/s1. The van der Waals surface area contributed by atoms with Crippen molar-refractivity contribution in [2.75, 3.05) is 45.0 Å². The van der Waals surface area contributed by atoms with Crippen molar-refractivity contribution in [3.05, 3.63) is 0 Å². The van der Waals surface area contributed by atoms with Gasteiger partial charge in [-0.1, -0.05) is 0 Å². The van der Waals surface area contributed by atoms with Crippen molar-refractivity contribution in [3.8, 4) is 0 Å². The Hall–Kier alpha value is -1.03. The molecule has 2 aliphatic heterocycles. The zero-order valence-electron chi connectivity index (χ0n) is 16.9. The third-order valence-electron chi connectivity index (χ3n) is 5.20. The summed E-state index contributed by atoms with van der Waals surface area (Å²) in [7, 11) is 0. The lowest BCUT2D eigenvalue weighted by molar-refractivity contribution is -0.121. The molecule has 0 aromatic rings. The van der Waals surface area contributed by atoms with Crippen LogP contribution in [0.15, 0.2) is 0 Å². The van der Waals surface area contributed by atoms with Crippen LogP contribution in [0.2, 0.25) is 0 Å². The zero-order valence-corrected chi connectivity index (χ0v) is 17.8. The van der Waals surface area contributed by atoms with Gasteiger partial charge in [-0.3, -0.25) is 4.79 Å². The van der Waals surface area contributed by atoms with E-state index in [2.05, 4.69) is 26.6 Å². The first-order valence-corrected chi connectivity index (χ1v) is 11.8. The van der Waals surface area contributed by atoms with Gasteiger partial charge in [0.25, 0.3) is 0 Å². The fraction of sp³-hybridized carbons (Fsp3) is 0.895. The number of hydrogen-bond donors (Lipinski definition) is 6. The van der Waals surface area contributed by atoms with Gasteiger partial charge in [-0.2, -0.15) is 11.8 Å². The Labute approximate surface area is 173 Å². The van der Waals surface area contributed by atoms with E-state index < -0.39 is 0 Å². The molecule has 0 aliphatic carbocycles. The first kappa shape index (κ1) is 23.3. The number of urea groups is 1. The molecule has 162 valence electrons. The topological polar surface area (TPSA) is 120 Å². The minimum atomic E-state index is -0.0502. The van der Waals surface area contributed by atoms with E-state index in [1.807, 2.05) is 11.8 Å². The molecule has 3 amide bonds. The number of carbonyl (C=O) groups is 2. The van der Waals surface area contributed by atoms with E-state index >= 15 is 0 Å². The van der Waals surface area contributed by atoms with E-state index in [0.29, 0.717) is 11.7 Å². The number of amides is 3. The van der Waals surface area contributed by atoms with E-state index in [4.69, 9.17) is 5.73 Å². The summed E-state index contributed by atoms with van der Waals surface area (Å²) in [6, 6.07) is 0.440. The largest absolute Gasteiger partial charge is 0.356 e. The molecule has 0 aromatic heterocycles. The summed E-state index contributed by atoms with van der Waals surface area (Å²) in [5.41, 5.74) is 5.45. The molecule has 0 aromatic carbocycles. The summed E-state index contributed by atoms with van der Waals surface area (Å²) in [5, 5.41) is 16.2. The quantitative estimate of drug-likeness (QED) is 0.158. The summed E-state index contributed by atoms with van der Waals surface area (Å²) in [5.74, 6) is 1.11. The SMILES string of the molecule is NCCCNCCCCNCCCNC(=O)CCC[C@@H]1SC[C@@H]2NC(=O)N[C@@H]21. The maximum atomic E-state index is 11.9. The first-order valence-electron chi connectivity index (χ1n) is 10.8. The second-order valence-corrected chi connectivity index (χ2v) is 8.84. The average molecular weight is 415 g/mol. The highest BCUT2D eigenvalue weighted by molar-refractivity contribution is 8.00. The Morgan fingerprint density at radius 2 is 1.71 bits per heavy atom. The van der Waals surface area contributed by atoms with Crippen molar-refractivity contribution in [2.45, 2.75) is 62.3 Å². The van der Waals surface area contributed by atoms with Gasteiger partial charge in [-0.25, -0.2) is 4.79 Å². The molecule has 2 rings (SSSR count). The lowest BCUT2D eigenvalue weighted by atomic mass is 10.0. The number of unbranched alkanes of at least 4 members (excludes halogenated alkanes) is 1. The monoisotopic (exact) mass is 414 g/mol. The molecule has 2 heterocycles. The number of nitrogens with two attached hydrogens (primary N) is 1. The van der Waals surface area contributed by atoms with Crippen LogP contribution in [-0.2, 0) is 4.79 Å². The highest BCUT2D eigenvalue weighted by Gasteiger charge is 2.42. The van der Waals surface area contributed by atoms with Crippen LogP contribution in [0, 0.1) is 0 Å². The van der Waals surface area contributed by atoms with Gasteiger partial charge < -0.3 is 32.3 Å². The van der Waals surface area contributed by atoms with E-state index in [9.17, 15) is 9.59 Å². The van der Waals surface area contributed by atoms with Gasteiger partial charge in [0.15, 0.2) is 0 Å². The minimum Gasteiger partial charge on any atom is -0.356 e. The minimum absolute atomic E-state index is 0.0502. The van der Waals surface area contributed by atoms with Crippen molar-refractivity contribution in [1.82, 2.24) is 26.6 Å². The van der Waals surface area contributed by atoms with Crippen molar-refractivity contribution >= 4 is 23.7 Å². The number of fused-ring (bicyclic) bond motifs is 1. The first-order chi connectivity index (χ1) is 13.7. The summed E-state index contributed by atoms with van der Waals surface area (Å²) >= 11 is 1.90. The van der Waals surface area contributed by atoms with Crippen LogP contribution in [0.25, 0.3) is 0 Å². The Morgan fingerprint density at radius 3 is 2.46 bits per heavy atom. The summed E-state index contributed by atoms with van der Waals surface area (Å²) < 4.78 is 0. The number of thioether (sulfide) groups is 1. The molecule has 0 bridgehead atoms. The molecule has 3 atom stereocenters. The number of nitrogens with one attached hydrogen (secondary N) is 5. The molecule has 9 heteroatoms. The molecule has 8 nitrogen and oxygen atoms in total. The van der Waals surface area contributed by atoms with Crippen molar-refractivity contribution in [3.63, 3.8) is 0 Å². The molecular weight excluding hydrogens is 376 g/mol. The molecule has 28 heavy (non-hydrogen) atoms. The van der Waals surface area contributed by atoms with Gasteiger partial charge >= 0.3 is 6.03 Å². The highest BCUT2D eigenvalue weighted by Crippen LogP contribution is 2.32. The molecule has 2 fully saturated rings. The second-order valence-electron chi connectivity index (χ2n) is 7.57. The Kier molecular flexibility index (Phi) is 11.7. The normalized spacial score (nSPS) is 23.3. The van der Waals surface area contributed by atoms with Crippen molar-refractivity contribution < 1.29 is 9.59 Å².